The second-order valence-corrected chi connectivity index (χ2v) is 3.05. The molecule has 15 heavy (non-hydrogen) atoms. The second-order valence-electron chi connectivity index (χ2n) is 3.05. The molecule has 0 fully saturated rings. The number of anilines is 1. The largest absolute Gasteiger partial charge is 0.467 e. The van der Waals surface area contributed by atoms with Crippen LogP contribution in [0, 0.1) is 0 Å². The van der Waals surface area contributed by atoms with Crippen LogP contribution in [0.4, 0.5) is 5.69 Å². The molecule has 0 spiro atoms. The number of nitrogens with two attached hydrogens (primary N) is 1. The van der Waals surface area contributed by atoms with Crippen LogP contribution in [-0.2, 0) is 0 Å². The zero-order valence-electron chi connectivity index (χ0n) is 8.34. The number of benzene rings is 1. The molecule has 0 saturated heterocycles. The average Bonchev–Trinajstić information content (AvgIpc) is 2.30. The topological polar surface area (TPSA) is 61.0 Å². The molecule has 0 aliphatic heterocycles. The van der Waals surface area contributed by atoms with E-state index in [0.29, 0.717) is 6.01 Å². The van der Waals surface area contributed by atoms with E-state index in [1.807, 2.05) is 30.3 Å². The lowest BCUT2D eigenvalue weighted by Crippen LogP contribution is -1.93. The summed E-state index contributed by atoms with van der Waals surface area (Å²) in [7, 11) is 1.54. The molecule has 2 aromatic rings. The molecule has 2 N–H and O–H groups in total. The Bertz CT molecular complexity index is 454. The molecule has 4 heteroatoms. The first kappa shape index (κ1) is 9.45. The van der Waals surface area contributed by atoms with Crippen molar-refractivity contribution >= 4 is 5.69 Å². The van der Waals surface area contributed by atoms with E-state index in [4.69, 9.17) is 10.5 Å². The van der Waals surface area contributed by atoms with Gasteiger partial charge in [0.05, 0.1) is 12.8 Å². The van der Waals surface area contributed by atoms with E-state index in [0.717, 1.165) is 16.9 Å². The maximum atomic E-state index is 5.60. The van der Waals surface area contributed by atoms with Gasteiger partial charge in [-0.2, -0.15) is 4.98 Å². The third-order valence-corrected chi connectivity index (χ3v) is 2.02. The molecule has 0 atom stereocenters. The van der Waals surface area contributed by atoms with Gasteiger partial charge in [-0.15, -0.1) is 0 Å². The van der Waals surface area contributed by atoms with Gasteiger partial charge in [0.15, 0.2) is 0 Å². The number of aromatic nitrogens is 2. The fourth-order valence-electron chi connectivity index (χ4n) is 1.25. The van der Waals surface area contributed by atoms with Gasteiger partial charge in [0, 0.05) is 17.4 Å². The summed E-state index contributed by atoms with van der Waals surface area (Å²) in [6.45, 7) is 0. The van der Waals surface area contributed by atoms with Gasteiger partial charge in [0.2, 0.25) is 0 Å². The summed E-state index contributed by atoms with van der Waals surface area (Å²) in [5, 5.41) is 0. The smallest absolute Gasteiger partial charge is 0.316 e. The van der Waals surface area contributed by atoms with Crippen LogP contribution >= 0.6 is 0 Å². The maximum absolute atomic E-state index is 5.60. The van der Waals surface area contributed by atoms with Crippen molar-refractivity contribution in [2.24, 2.45) is 0 Å². The van der Waals surface area contributed by atoms with E-state index in [1.54, 1.807) is 13.3 Å². The highest BCUT2D eigenvalue weighted by molar-refractivity contribution is 5.61. The van der Waals surface area contributed by atoms with Crippen LogP contribution in [0.2, 0.25) is 0 Å². The maximum Gasteiger partial charge on any atom is 0.316 e. The monoisotopic (exact) mass is 201 g/mol. The second kappa shape index (κ2) is 3.96. The lowest BCUT2D eigenvalue weighted by Gasteiger charge is -2.02. The number of nitrogens with zero attached hydrogens (tertiary/aromatic N) is 2. The molecule has 1 heterocycles. The van der Waals surface area contributed by atoms with Gasteiger partial charge in [-0.3, -0.25) is 0 Å². The van der Waals surface area contributed by atoms with Gasteiger partial charge in [0.1, 0.15) is 0 Å². The quantitative estimate of drug-likeness (QED) is 0.752. The van der Waals surface area contributed by atoms with Gasteiger partial charge >= 0.3 is 6.01 Å². The van der Waals surface area contributed by atoms with E-state index in [1.165, 1.54) is 0 Å². The highest BCUT2D eigenvalue weighted by atomic mass is 16.5. The highest BCUT2D eigenvalue weighted by Gasteiger charge is 2.01. The number of nitrogen functional groups attached to an aromatic ring is 1. The fourth-order valence-corrected chi connectivity index (χ4v) is 1.25. The van der Waals surface area contributed by atoms with Crippen LogP contribution in [0.3, 0.4) is 0 Å². The molecule has 1 aromatic heterocycles. The van der Waals surface area contributed by atoms with E-state index in [2.05, 4.69) is 9.97 Å². The molecule has 1 aromatic carbocycles. The molecular weight excluding hydrogens is 190 g/mol. The van der Waals surface area contributed by atoms with Gasteiger partial charge in [-0.25, -0.2) is 4.98 Å². The van der Waals surface area contributed by atoms with Crippen molar-refractivity contribution in [3.8, 4) is 17.3 Å². The van der Waals surface area contributed by atoms with Crippen molar-refractivity contribution in [1.29, 1.82) is 0 Å². The highest BCUT2D eigenvalue weighted by Crippen LogP contribution is 2.19. The summed E-state index contributed by atoms with van der Waals surface area (Å²) in [6.07, 6.45) is 1.66. The Balaban J connectivity index is 2.40. The van der Waals surface area contributed by atoms with Gasteiger partial charge in [0.25, 0.3) is 0 Å². The molecule has 0 bridgehead atoms. The molecule has 4 nitrogen and oxygen atoms in total. The van der Waals surface area contributed by atoms with Gasteiger partial charge in [-0.05, 0) is 18.2 Å². The summed E-state index contributed by atoms with van der Waals surface area (Å²) in [5.74, 6) is 0. The molecule has 0 aliphatic carbocycles. The molecule has 0 unspecified atom stereocenters. The zero-order valence-corrected chi connectivity index (χ0v) is 8.34. The summed E-state index contributed by atoms with van der Waals surface area (Å²) in [5.41, 5.74) is 8.15. The van der Waals surface area contributed by atoms with Crippen LogP contribution in [-0.4, -0.2) is 17.1 Å². The van der Waals surface area contributed by atoms with E-state index >= 15 is 0 Å². The van der Waals surface area contributed by atoms with E-state index < -0.39 is 0 Å². The Morgan fingerprint density at radius 2 is 1.87 bits per heavy atom. The molecule has 2 rings (SSSR count). The Kier molecular flexibility index (Phi) is 2.49. The lowest BCUT2D eigenvalue weighted by atomic mass is 10.1. The normalized spacial score (nSPS) is 9.93. The van der Waals surface area contributed by atoms with Crippen molar-refractivity contribution < 1.29 is 4.74 Å². The van der Waals surface area contributed by atoms with E-state index in [-0.39, 0.29) is 0 Å². The minimum atomic E-state index is 0.365. The lowest BCUT2D eigenvalue weighted by molar-refractivity contribution is 0.380. The van der Waals surface area contributed by atoms with Crippen molar-refractivity contribution in [2.75, 3.05) is 12.8 Å². The van der Waals surface area contributed by atoms with Crippen molar-refractivity contribution in [1.82, 2.24) is 9.97 Å². The predicted octanol–water partition coefficient (Wildman–Crippen LogP) is 1.73. The van der Waals surface area contributed by atoms with Crippen molar-refractivity contribution in [3.05, 3.63) is 36.5 Å². The Labute approximate surface area is 87.7 Å². The number of hydrogen-bond donors (Lipinski definition) is 1. The van der Waals surface area contributed by atoms with Crippen molar-refractivity contribution in [3.63, 3.8) is 0 Å². The fraction of sp³-hybridized carbons (Fsp3) is 0.0909. The first-order chi connectivity index (χ1) is 7.29. The Hall–Kier alpha value is -2.10. The minimum absolute atomic E-state index is 0.365. The van der Waals surface area contributed by atoms with Crippen LogP contribution < -0.4 is 10.5 Å². The third-order valence-electron chi connectivity index (χ3n) is 2.02. The summed E-state index contributed by atoms with van der Waals surface area (Å²) in [6, 6.07) is 9.69. The number of ether oxygens (including phenoxy) is 1. The van der Waals surface area contributed by atoms with Crippen LogP contribution in [0.25, 0.3) is 11.3 Å². The Morgan fingerprint density at radius 1 is 1.13 bits per heavy atom. The first-order valence-corrected chi connectivity index (χ1v) is 4.52. The number of methoxy groups -OCH3 is 1. The summed E-state index contributed by atoms with van der Waals surface area (Å²) >= 11 is 0. The standard InChI is InChI=1S/C11H11N3O/c1-15-11-13-7-6-10(14-11)8-2-4-9(12)5-3-8/h2-7H,12H2,1H3. The van der Waals surface area contributed by atoms with Gasteiger partial charge in [-0.1, -0.05) is 12.1 Å². The van der Waals surface area contributed by atoms with Crippen molar-refractivity contribution in [2.45, 2.75) is 0 Å². The minimum Gasteiger partial charge on any atom is -0.467 e. The first-order valence-electron chi connectivity index (χ1n) is 4.52. The molecule has 0 saturated carbocycles. The molecule has 0 radical (unpaired) electrons. The van der Waals surface area contributed by atoms with Gasteiger partial charge < -0.3 is 10.5 Å². The summed E-state index contributed by atoms with van der Waals surface area (Å²) in [4.78, 5) is 8.16. The number of hydrogen-bond acceptors (Lipinski definition) is 4. The van der Waals surface area contributed by atoms with Crippen LogP contribution in [0.5, 0.6) is 6.01 Å². The van der Waals surface area contributed by atoms with Crippen LogP contribution in [0.15, 0.2) is 36.5 Å². The zero-order chi connectivity index (χ0) is 10.7. The molecule has 0 amide bonds. The average molecular weight is 201 g/mol. The number of rotatable bonds is 2. The van der Waals surface area contributed by atoms with E-state index in [9.17, 15) is 0 Å². The molecular formula is C11H11N3O. The third kappa shape index (κ3) is 2.04. The van der Waals surface area contributed by atoms with Crippen LogP contribution in [0.1, 0.15) is 0 Å². The summed E-state index contributed by atoms with van der Waals surface area (Å²) < 4.78 is 4.95. The predicted molar refractivity (Wildman–Crippen MR) is 58.4 cm³/mol. The SMILES string of the molecule is COc1nccc(-c2ccc(N)cc2)n1. The molecule has 76 valence electrons. The Morgan fingerprint density at radius 3 is 2.53 bits per heavy atom. The molecule has 0 aliphatic rings.